The highest BCUT2D eigenvalue weighted by Crippen LogP contribution is 2.09. The van der Waals surface area contributed by atoms with Crippen LogP contribution in [0.15, 0.2) is 18.2 Å². The van der Waals surface area contributed by atoms with Crippen molar-refractivity contribution in [3.63, 3.8) is 0 Å². The van der Waals surface area contributed by atoms with Crippen LogP contribution in [0.1, 0.15) is 70.4 Å². The van der Waals surface area contributed by atoms with Gasteiger partial charge in [0.05, 0.1) is 0 Å². The van der Waals surface area contributed by atoms with Gasteiger partial charge in [0.25, 0.3) is 0 Å². The summed E-state index contributed by atoms with van der Waals surface area (Å²) in [4.78, 5) is 0. The van der Waals surface area contributed by atoms with Crippen LogP contribution in [0.25, 0.3) is 0 Å². The van der Waals surface area contributed by atoms with Gasteiger partial charge in [0, 0.05) is 0 Å². The molecule has 0 spiro atoms. The molecule has 1 aromatic rings. The molecule has 0 fully saturated rings. The highest BCUT2D eigenvalue weighted by atomic mass is 19.1. The largest absolute Gasteiger partial charge is 0.207 e. The molecule has 0 saturated heterocycles. The Morgan fingerprint density at radius 1 is 0.889 bits per heavy atom. The van der Waals surface area contributed by atoms with Crippen LogP contribution in [0.2, 0.25) is 0 Å². The number of hydrogen-bond acceptors (Lipinski definition) is 0. The number of unbranched alkanes of at least 4 members (excludes halogenated alkanes) is 5. The topological polar surface area (TPSA) is 0 Å². The van der Waals surface area contributed by atoms with Crippen molar-refractivity contribution in [1.29, 1.82) is 0 Å². The summed E-state index contributed by atoms with van der Waals surface area (Å²) in [7, 11) is 0. The Labute approximate surface area is 113 Å². The maximum Gasteiger partial charge on any atom is 0.123 e. The lowest BCUT2D eigenvalue weighted by molar-refractivity contribution is 0.624. The maximum absolute atomic E-state index is 12.5. The van der Waals surface area contributed by atoms with Crippen molar-refractivity contribution in [2.75, 3.05) is 0 Å². The fourth-order valence-corrected chi connectivity index (χ4v) is 1.87. The molecular formula is C17H29F. The number of halogens is 1. The van der Waals surface area contributed by atoms with Crippen molar-refractivity contribution in [2.24, 2.45) is 0 Å². The molecule has 0 saturated carbocycles. The second kappa shape index (κ2) is 11.3. The zero-order chi connectivity index (χ0) is 13.8. The van der Waals surface area contributed by atoms with Gasteiger partial charge in [-0.05, 0) is 36.6 Å². The zero-order valence-corrected chi connectivity index (χ0v) is 12.6. The van der Waals surface area contributed by atoms with E-state index in [0.29, 0.717) is 0 Å². The van der Waals surface area contributed by atoms with E-state index in [1.807, 2.05) is 19.9 Å². The Kier molecular flexibility index (Phi) is 10.7. The van der Waals surface area contributed by atoms with Gasteiger partial charge in [-0.15, -0.1) is 0 Å². The van der Waals surface area contributed by atoms with Crippen LogP contribution in [-0.2, 0) is 6.42 Å². The summed E-state index contributed by atoms with van der Waals surface area (Å²) in [5, 5.41) is 0. The third kappa shape index (κ3) is 8.27. The van der Waals surface area contributed by atoms with E-state index in [0.717, 1.165) is 12.0 Å². The smallest absolute Gasteiger partial charge is 0.123 e. The second-order valence-corrected chi connectivity index (χ2v) is 4.84. The van der Waals surface area contributed by atoms with E-state index in [4.69, 9.17) is 0 Å². The molecule has 0 unspecified atom stereocenters. The Bertz CT molecular complexity index is 298. The predicted octanol–water partition coefficient (Wildman–Crippen LogP) is 6.06. The maximum atomic E-state index is 12.5. The summed E-state index contributed by atoms with van der Waals surface area (Å²) in [5.74, 6) is -0.137. The normalized spacial score (nSPS) is 9.83. The molecule has 104 valence electrons. The molecule has 0 heterocycles. The van der Waals surface area contributed by atoms with Gasteiger partial charge in [0.2, 0.25) is 0 Å². The van der Waals surface area contributed by atoms with E-state index in [1.54, 1.807) is 6.07 Å². The highest BCUT2D eigenvalue weighted by molar-refractivity contribution is 5.26. The summed E-state index contributed by atoms with van der Waals surface area (Å²) < 4.78 is 12.5. The van der Waals surface area contributed by atoms with Gasteiger partial charge < -0.3 is 0 Å². The van der Waals surface area contributed by atoms with Crippen LogP contribution in [0.5, 0.6) is 0 Å². The quantitative estimate of drug-likeness (QED) is 0.539. The molecule has 0 aliphatic rings. The predicted molar refractivity (Wildman–Crippen MR) is 79.6 cm³/mol. The third-order valence-electron chi connectivity index (χ3n) is 3.15. The fourth-order valence-electron chi connectivity index (χ4n) is 1.87. The van der Waals surface area contributed by atoms with Crippen LogP contribution in [0.3, 0.4) is 0 Å². The first-order chi connectivity index (χ1) is 8.65. The van der Waals surface area contributed by atoms with E-state index >= 15 is 0 Å². The van der Waals surface area contributed by atoms with Crippen LogP contribution in [0, 0.1) is 12.7 Å². The number of rotatable bonds is 6. The SMILES string of the molecule is CCCCCCCC.CCc1cc(F)ccc1C. The van der Waals surface area contributed by atoms with Gasteiger partial charge in [-0.25, -0.2) is 4.39 Å². The molecule has 0 amide bonds. The van der Waals surface area contributed by atoms with Crippen molar-refractivity contribution >= 4 is 0 Å². The molecule has 0 radical (unpaired) electrons. The second-order valence-electron chi connectivity index (χ2n) is 4.84. The molecule has 1 aromatic carbocycles. The zero-order valence-electron chi connectivity index (χ0n) is 12.6. The van der Waals surface area contributed by atoms with Crippen molar-refractivity contribution in [2.45, 2.75) is 72.6 Å². The van der Waals surface area contributed by atoms with Crippen LogP contribution in [0.4, 0.5) is 4.39 Å². The van der Waals surface area contributed by atoms with Gasteiger partial charge in [-0.3, -0.25) is 0 Å². The molecule has 0 aliphatic heterocycles. The van der Waals surface area contributed by atoms with E-state index in [1.165, 1.54) is 50.2 Å². The van der Waals surface area contributed by atoms with Gasteiger partial charge in [0.15, 0.2) is 0 Å². The molecular weight excluding hydrogens is 223 g/mol. The standard InChI is InChI=1S/C9H11F.C8H18/c1-3-8-6-9(10)5-4-7(8)2;1-3-5-7-8-6-4-2/h4-6H,3H2,1-2H3;3-8H2,1-2H3. The molecule has 1 rings (SSSR count). The molecule has 0 N–H and O–H groups in total. The van der Waals surface area contributed by atoms with E-state index < -0.39 is 0 Å². The van der Waals surface area contributed by atoms with Crippen molar-refractivity contribution in [3.8, 4) is 0 Å². The lowest BCUT2D eigenvalue weighted by atomic mass is 10.1. The molecule has 1 heteroatoms. The van der Waals surface area contributed by atoms with E-state index in [-0.39, 0.29) is 5.82 Å². The molecule has 0 aliphatic carbocycles. The van der Waals surface area contributed by atoms with Crippen LogP contribution in [-0.4, -0.2) is 0 Å². The summed E-state index contributed by atoms with van der Waals surface area (Å²) in [6.45, 7) is 8.54. The van der Waals surface area contributed by atoms with E-state index in [9.17, 15) is 4.39 Å². The summed E-state index contributed by atoms with van der Waals surface area (Å²) in [6.07, 6.45) is 9.39. The molecule has 0 aromatic heterocycles. The average molecular weight is 252 g/mol. The van der Waals surface area contributed by atoms with Crippen molar-refractivity contribution in [1.82, 2.24) is 0 Å². The Morgan fingerprint density at radius 3 is 1.83 bits per heavy atom. The first kappa shape index (κ1) is 17.2. The number of hydrogen-bond donors (Lipinski definition) is 0. The summed E-state index contributed by atoms with van der Waals surface area (Å²) in [6, 6.07) is 4.90. The van der Waals surface area contributed by atoms with Gasteiger partial charge in [-0.1, -0.05) is 65.4 Å². The first-order valence-corrected chi connectivity index (χ1v) is 7.40. The third-order valence-corrected chi connectivity index (χ3v) is 3.15. The minimum atomic E-state index is -0.137. The molecule has 18 heavy (non-hydrogen) atoms. The Morgan fingerprint density at radius 2 is 1.44 bits per heavy atom. The van der Waals surface area contributed by atoms with Crippen LogP contribution >= 0.6 is 0 Å². The highest BCUT2D eigenvalue weighted by Gasteiger charge is 1.95. The minimum Gasteiger partial charge on any atom is -0.207 e. The molecule has 0 nitrogen and oxygen atoms in total. The Hall–Kier alpha value is -0.850. The van der Waals surface area contributed by atoms with Gasteiger partial charge in [-0.2, -0.15) is 0 Å². The number of aryl methyl sites for hydroxylation is 2. The van der Waals surface area contributed by atoms with Crippen molar-refractivity contribution < 1.29 is 4.39 Å². The summed E-state index contributed by atoms with van der Waals surface area (Å²) in [5.41, 5.74) is 2.27. The first-order valence-electron chi connectivity index (χ1n) is 7.40. The van der Waals surface area contributed by atoms with Gasteiger partial charge in [0.1, 0.15) is 5.82 Å². The lowest BCUT2D eigenvalue weighted by Gasteiger charge is -2.00. The minimum absolute atomic E-state index is 0.137. The Balaban J connectivity index is 0.000000331. The van der Waals surface area contributed by atoms with Gasteiger partial charge >= 0.3 is 0 Å². The van der Waals surface area contributed by atoms with E-state index in [2.05, 4.69) is 13.8 Å². The fraction of sp³-hybridized carbons (Fsp3) is 0.647. The molecule has 0 atom stereocenters. The van der Waals surface area contributed by atoms with Crippen molar-refractivity contribution in [3.05, 3.63) is 35.1 Å². The summed E-state index contributed by atoms with van der Waals surface area (Å²) >= 11 is 0. The number of benzene rings is 1. The van der Waals surface area contributed by atoms with Crippen LogP contribution < -0.4 is 0 Å². The molecule has 0 bridgehead atoms. The monoisotopic (exact) mass is 252 g/mol. The lowest BCUT2D eigenvalue weighted by Crippen LogP contribution is -1.86. The average Bonchev–Trinajstić information content (AvgIpc) is 2.38.